The first-order chi connectivity index (χ1) is 7.42. The number of hydrogen-bond donors (Lipinski definition) is 1. The van der Waals surface area contributed by atoms with Crippen LogP contribution in [0, 0.1) is 0 Å². The maximum atomic E-state index is 11.9. The summed E-state index contributed by atoms with van der Waals surface area (Å²) in [6.07, 6.45) is -4.48. The molecule has 3 nitrogen and oxygen atoms in total. The second kappa shape index (κ2) is 4.87. The number of carbonyl (C=O) groups is 1. The summed E-state index contributed by atoms with van der Waals surface area (Å²) in [6.45, 7) is 1.87. The average molecular weight is 233 g/mol. The topological polar surface area (TPSA) is 38.3 Å². The van der Waals surface area contributed by atoms with Crippen molar-refractivity contribution in [3.8, 4) is 0 Å². The predicted octanol–water partition coefficient (Wildman–Crippen LogP) is 2.80. The zero-order chi connectivity index (χ0) is 12.2. The number of carbonyl (C=O) groups excluding carboxylic acids is 1. The van der Waals surface area contributed by atoms with Crippen molar-refractivity contribution < 1.29 is 22.7 Å². The fourth-order valence-corrected chi connectivity index (χ4v) is 1.07. The van der Waals surface area contributed by atoms with Crippen LogP contribution in [0.4, 0.5) is 18.9 Å². The van der Waals surface area contributed by atoms with Crippen molar-refractivity contribution in [2.45, 2.75) is 13.2 Å². The highest BCUT2D eigenvalue weighted by atomic mass is 19.4. The van der Waals surface area contributed by atoms with Gasteiger partial charge in [0.1, 0.15) is 0 Å². The van der Waals surface area contributed by atoms with Crippen LogP contribution >= 0.6 is 0 Å². The van der Waals surface area contributed by atoms with Gasteiger partial charge in [-0.15, -0.1) is 0 Å². The van der Waals surface area contributed by atoms with Crippen molar-refractivity contribution in [3.05, 3.63) is 29.8 Å². The van der Waals surface area contributed by atoms with E-state index in [4.69, 9.17) is 0 Å². The molecule has 1 aromatic carbocycles. The molecule has 0 aliphatic rings. The maximum absolute atomic E-state index is 11.9. The highest BCUT2D eigenvalue weighted by Gasteiger charge is 2.26. The number of alkyl halides is 3. The summed E-state index contributed by atoms with van der Waals surface area (Å²) in [5, 5.41) is 1.33. The van der Waals surface area contributed by atoms with Gasteiger partial charge in [-0.05, 0) is 31.2 Å². The van der Waals surface area contributed by atoms with Gasteiger partial charge in [0.15, 0.2) is 0 Å². The Balaban J connectivity index is 2.72. The van der Waals surface area contributed by atoms with E-state index in [1.807, 2.05) is 0 Å². The number of ether oxygens (including phenoxy) is 1. The first-order valence-electron chi connectivity index (χ1n) is 4.54. The van der Waals surface area contributed by atoms with Crippen molar-refractivity contribution in [2.75, 3.05) is 11.9 Å². The molecular formula is C10H10F3NO2. The number of anilines is 1. The van der Waals surface area contributed by atoms with Gasteiger partial charge in [0.25, 0.3) is 0 Å². The Bertz CT molecular complexity index is 359. The van der Waals surface area contributed by atoms with E-state index in [1.54, 1.807) is 6.92 Å². The van der Waals surface area contributed by atoms with Crippen LogP contribution in [0.1, 0.15) is 17.3 Å². The van der Waals surface area contributed by atoms with Crippen molar-refractivity contribution >= 4 is 11.7 Å². The van der Waals surface area contributed by atoms with E-state index in [-0.39, 0.29) is 17.9 Å². The third kappa shape index (κ3) is 3.80. The van der Waals surface area contributed by atoms with Crippen LogP contribution in [0.5, 0.6) is 0 Å². The molecule has 0 atom stereocenters. The Hall–Kier alpha value is -1.72. The van der Waals surface area contributed by atoms with Gasteiger partial charge in [-0.3, -0.25) is 5.32 Å². The Morgan fingerprint density at radius 3 is 2.31 bits per heavy atom. The standard InChI is InChI=1S/C10H10F3NO2/c1-2-16-9(15)7-3-5-8(6-4-7)14-10(11,12)13/h3-6,14H,2H2,1H3. The first-order valence-corrected chi connectivity index (χ1v) is 4.54. The van der Waals surface area contributed by atoms with Gasteiger partial charge in [0.05, 0.1) is 12.2 Å². The van der Waals surface area contributed by atoms with Gasteiger partial charge in [0.2, 0.25) is 0 Å². The van der Waals surface area contributed by atoms with Crippen LogP contribution < -0.4 is 5.32 Å². The molecule has 0 unspecified atom stereocenters. The molecule has 0 radical (unpaired) electrons. The van der Waals surface area contributed by atoms with Crippen LogP contribution in [-0.2, 0) is 4.74 Å². The van der Waals surface area contributed by atoms with Gasteiger partial charge in [-0.2, -0.15) is 13.2 Å². The Kier molecular flexibility index (Phi) is 3.76. The molecule has 0 saturated carbocycles. The zero-order valence-corrected chi connectivity index (χ0v) is 8.47. The number of esters is 1. The molecule has 0 aromatic heterocycles. The minimum atomic E-state index is -4.48. The molecule has 0 spiro atoms. The number of hydrogen-bond acceptors (Lipinski definition) is 3. The fourth-order valence-electron chi connectivity index (χ4n) is 1.07. The quantitative estimate of drug-likeness (QED) is 0.644. The number of rotatable bonds is 3. The van der Waals surface area contributed by atoms with Crippen molar-refractivity contribution in [3.63, 3.8) is 0 Å². The zero-order valence-electron chi connectivity index (χ0n) is 8.47. The molecule has 0 amide bonds. The van der Waals surface area contributed by atoms with Crippen LogP contribution in [0.3, 0.4) is 0 Å². The van der Waals surface area contributed by atoms with Gasteiger partial charge in [-0.25, -0.2) is 4.79 Å². The fraction of sp³-hybridized carbons (Fsp3) is 0.300. The highest BCUT2D eigenvalue weighted by molar-refractivity contribution is 5.89. The largest absolute Gasteiger partial charge is 0.482 e. The summed E-state index contributed by atoms with van der Waals surface area (Å²) in [4.78, 5) is 11.2. The van der Waals surface area contributed by atoms with Crippen LogP contribution in [0.25, 0.3) is 0 Å². The van der Waals surface area contributed by atoms with E-state index >= 15 is 0 Å². The van der Waals surface area contributed by atoms with Crippen molar-refractivity contribution in [1.82, 2.24) is 0 Å². The Morgan fingerprint density at radius 1 is 1.31 bits per heavy atom. The van der Waals surface area contributed by atoms with Gasteiger partial charge in [0, 0.05) is 5.69 Å². The molecule has 0 aliphatic heterocycles. The normalized spacial score (nSPS) is 11.0. The Labute approximate surface area is 90.2 Å². The number of benzene rings is 1. The summed E-state index contributed by atoms with van der Waals surface area (Å²) in [7, 11) is 0. The molecule has 1 aromatic rings. The highest BCUT2D eigenvalue weighted by Crippen LogP contribution is 2.20. The molecule has 1 rings (SSSR count). The summed E-state index contributed by atoms with van der Waals surface area (Å²) in [5.74, 6) is -0.555. The van der Waals surface area contributed by atoms with E-state index in [1.165, 1.54) is 29.6 Å². The average Bonchev–Trinajstić information content (AvgIpc) is 2.16. The molecule has 1 N–H and O–H groups in total. The van der Waals surface area contributed by atoms with Gasteiger partial charge < -0.3 is 4.74 Å². The third-order valence-electron chi connectivity index (χ3n) is 1.68. The molecule has 16 heavy (non-hydrogen) atoms. The van der Waals surface area contributed by atoms with Crippen molar-refractivity contribution in [1.29, 1.82) is 0 Å². The molecule has 88 valence electrons. The lowest BCUT2D eigenvalue weighted by Gasteiger charge is -2.09. The molecule has 0 bridgehead atoms. The van der Waals surface area contributed by atoms with E-state index in [0.717, 1.165) is 0 Å². The van der Waals surface area contributed by atoms with E-state index in [9.17, 15) is 18.0 Å². The molecular weight excluding hydrogens is 223 g/mol. The lowest BCUT2D eigenvalue weighted by atomic mass is 10.2. The summed E-state index contributed by atoms with van der Waals surface area (Å²) < 4.78 is 40.4. The number of nitrogens with one attached hydrogen (secondary N) is 1. The molecule has 0 heterocycles. The van der Waals surface area contributed by atoms with E-state index in [2.05, 4.69) is 4.74 Å². The van der Waals surface area contributed by atoms with Crippen LogP contribution in [0.15, 0.2) is 24.3 Å². The minimum absolute atomic E-state index is 0.124. The monoisotopic (exact) mass is 233 g/mol. The summed E-state index contributed by atoms with van der Waals surface area (Å²) >= 11 is 0. The first kappa shape index (κ1) is 12.4. The van der Waals surface area contributed by atoms with Crippen LogP contribution in [-0.4, -0.2) is 18.9 Å². The Morgan fingerprint density at radius 2 is 1.88 bits per heavy atom. The second-order valence-corrected chi connectivity index (χ2v) is 2.92. The minimum Gasteiger partial charge on any atom is -0.462 e. The lowest BCUT2D eigenvalue weighted by Crippen LogP contribution is -2.20. The molecule has 0 fully saturated rings. The maximum Gasteiger partial charge on any atom is 0.482 e. The van der Waals surface area contributed by atoms with E-state index < -0.39 is 12.3 Å². The van der Waals surface area contributed by atoms with Gasteiger partial charge >= 0.3 is 12.3 Å². The third-order valence-corrected chi connectivity index (χ3v) is 1.68. The molecule has 6 heteroatoms. The molecule has 0 aliphatic carbocycles. The lowest BCUT2D eigenvalue weighted by molar-refractivity contribution is -0.0999. The predicted molar refractivity (Wildman–Crippen MR) is 52.1 cm³/mol. The van der Waals surface area contributed by atoms with Crippen molar-refractivity contribution in [2.24, 2.45) is 0 Å². The van der Waals surface area contributed by atoms with Crippen LogP contribution in [0.2, 0.25) is 0 Å². The van der Waals surface area contributed by atoms with E-state index in [0.29, 0.717) is 0 Å². The molecule has 0 saturated heterocycles. The summed E-state index contributed by atoms with van der Waals surface area (Å²) in [5.41, 5.74) is 0.0927. The SMILES string of the molecule is CCOC(=O)c1ccc(NC(F)(F)F)cc1. The smallest absolute Gasteiger partial charge is 0.462 e. The second-order valence-electron chi connectivity index (χ2n) is 2.92. The number of halogens is 3. The van der Waals surface area contributed by atoms with Gasteiger partial charge in [-0.1, -0.05) is 0 Å². The summed E-state index contributed by atoms with van der Waals surface area (Å²) in [6, 6.07) is 4.87.